The molecule has 0 spiro atoms. The maximum atomic E-state index is 13.1. The number of hydrogen-bond acceptors (Lipinski definition) is 3. The third-order valence-corrected chi connectivity index (χ3v) is 4.48. The molecule has 4 rings (SSSR count). The summed E-state index contributed by atoms with van der Waals surface area (Å²) in [5.74, 6) is -0.254. The minimum atomic E-state index is -0.476. The number of nitrogens with zero attached hydrogens (tertiary/aromatic N) is 2. The average molecular weight is 323 g/mol. The lowest BCUT2D eigenvalue weighted by atomic mass is 9.97. The van der Waals surface area contributed by atoms with E-state index >= 15 is 0 Å². The number of aliphatic hydroxyl groups is 1. The zero-order chi connectivity index (χ0) is 16.5. The van der Waals surface area contributed by atoms with Crippen molar-refractivity contribution in [3.05, 3.63) is 77.2 Å². The lowest BCUT2D eigenvalue weighted by Crippen LogP contribution is -2.33. The molecule has 3 aromatic rings. The maximum Gasteiger partial charge on any atom is 0.123 e. The van der Waals surface area contributed by atoms with Crippen LogP contribution in [0.15, 0.2) is 54.7 Å². The number of hydrogen-bond donors (Lipinski definition) is 2. The molecular weight excluding hydrogens is 305 g/mol. The summed E-state index contributed by atoms with van der Waals surface area (Å²) in [5, 5.41) is 17.5. The zero-order valence-corrected chi connectivity index (χ0v) is 13.1. The van der Waals surface area contributed by atoms with Crippen LogP contribution in [0.25, 0.3) is 11.3 Å². The summed E-state index contributed by atoms with van der Waals surface area (Å²) >= 11 is 0. The first kappa shape index (κ1) is 15.1. The molecule has 0 amide bonds. The lowest BCUT2D eigenvalue weighted by molar-refractivity contribution is 0.0883. The maximum absolute atomic E-state index is 13.1. The van der Waals surface area contributed by atoms with Crippen LogP contribution < -0.4 is 0 Å². The van der Waals surface area contributed by atoms with Gasteiger partial charge in [-0.2, -0.15) is 5.10 Å². The molecule has 1 aromatic heterocycles. The Morgan fingerprint density at radius 1 is 1.17 bits per heavy atom. The highest BCUT2D eigenvalue weighted by molar-refractivity contribution is 5.62. The van der Waals surface area contributed by atoms with Crippen LogP contribution in [0.1, 0.15) is 22.8 Å². The number of halogens is 1. The summed E-state index contributed by atoms with van der Waals surface area (Å²) < 4.78 is 13.1. The molecule has 4 nitrogen and oxygen atoms in total. The summed E-state index contributed by atoms with van der Waals surface area (Å²) in [7, 11) is 0. The van der Waals surface area contributed by atoms with Gasteiger partial charge in [0.15, 0.2) is 0 Å². The van der Waals surface area contributed by atoms with Gasteiger partial charge in [0, 0.05) is 30.8 Å². The second kappa shape index (κ2) is 6.19. The predicted octanol–water partition coefficient (Wildman–Crippen LogP) is 3.27. The van der Waals surface area contributed by atoms with Gasteiger partial charge >= 0.3 is 0 Å². The summed E-state index contributed by atoms with van der Waals surface area (Å²) in [6.07, 6.45) is 1.32. The molecule has 2 N–H and O–H groups in total. The molecule has 0 saturated heterocycles. The van der Waals surface area contributed by atoms with Gasteiger partial charge < -0.3 is 5.11 Å². The number of β-amino-alcohol motifs (C(OH)–C–C–N with tert-alkyl or cyclic N) is 1. The van der Waals surface area contributed by atoms with Gasteiger partial charge in [0.1, 0.15) is 5.82 Å². The second-order valence-corrected chi connectivity index (χ2v) is 6.16. The van der Waals surface area contributed by atoms with E-state index in [1.165, 1.54) is 12.1 Å². The first-order valence-electron chi connectivity index (χ1n) is 7.97. The fourth-order valence-electron chi connectivity index (χ4n) is 3.31. The minimum Gasteiger partial charge on any atom is -0.387 e. The van der Waals surface area contributed by atoms with Crippen LogP contribution in [-0.2, 0) is 13.1 Å². The third kappa shape index (κ3) is 2.84. The monoisotopic (exact) mass is 323 g/mol. The predicted molar refractivity (Wildman–Crippen MR) is 89.5 cm³/mol. The third-order valence-electron chi connectivity index (χ3n) is 4.48. The van der Waals surface area contributed by atoms with Crippen molar-refractivity contribution in [3.8, 4) is 11.3 Å². The fourth-order valence-corrected chi connectivity index (χ4v) is 3.31. The van der Waals surface area contributed by atoms with E-state index in [1.807, 2.05) is 18.2 Å². The minimum absolute atomic E-state index is 0.254. The van der Waals surface area contributed by atoms with Gasteiger partial charge in [-0.1, -0.05) is 24.3 Å². The largest absolute Gasteiger partial charge is 0.387 e. The van der Waals surface area contributed by atoms with Crippen molar-refractivity contribution >= 4 is 0 Å². The molecule has 1 unspecified atom stereocenters. The molecule has 1 aliphatic rings. The number of H-pyrrole nitrogens is 1. The van der Waals surface area contributed by atoms with Crippen LogP contribution in [-0.4, -0.2) is 26.7 Å². The Kier molecular flexibility index (Phi) is 3.88. The van der Waals surface area contributed by atoms with E-state index in [-0.39, 0.29) is 5.82 Å². The van der Waals surface area contributed by atoms with Crippen molar-refractivity contribution in [3.63, 3.8) is 0 Å². The number of fused-ring (bicyclic) bond motifs is 1. The van der Waals surface area contributed by atoms with E-state index in [9.17, 15) is 9.50 Å². The van der Waals surface area contributed by atoms with E-state index in [2.05, 4.69) is 21.2 Å². The van der Waals surface area contributed by atoms with Gasteiger partial charge in [0.25, 0.3) is 0 Å². The zero-order valence-electron chi connectivity index (χ0n) is 13.1. The van der Waals surface area contributed by atoms with Crippen LogP contribution in [0.4, 0.5) is 4.39 Å². The topological polar surface area (TPSA) is 52.1 Å². The normalized spacial score (nSPS) is 17.7. The number of aromatic nitrogens is 2. The molecule has 0 bridgehead atoms. The lowest BCUT2D eigenvalue weighted by Gasteiger charge is -2.32. The highest BCUT2D eigenvalue weighted by Gasteiger charge is 2.24. The van der Waals surface area contributed by atoms with Gasteiger partial charge in [0.05, 0.1) is 18.0 Å². The molecular formula is C19H18FN3O. The van der Waals surface area contributed by atoms with Gasteiger partial charge in [-0.25, -0.2) is 4.39 Å². The number of nitrogens with one attached hydrogen (secondary N) is 1. The Hall–Kier alpha value is -2.50. The van der Waals surface area contributed by atoms with Crippen molar-refractivity contribution < 1.29 is 9.50 Å². The summed E-state index contributed by atoms with van der Waals surface area (Å²) in [6, 6.07) is 14.4. The smallest absolute Gasteiger partial charge is 0.123 e. The Labute approximate surface area is 139 Å². The van der Waals surface area contributed by atoms with Crippen LogP contribution in [0, 0.1) is 5.82 Å². The highest BCUT2D eigenvalue weighted by atomic mass is 19.1. The standard InChI is InChI=1S/C19H18FN3O/c20-16-7-5-13(6-8-16)19-15(9-21-22-19)11-23-10-14-3-1-2-4-17(14)18(24)12-23/h1-9,18,24H,10-12H2,(H,21,22). The van der Waals surface area contributed by atoms with Crippen LogP contribution in [0.2, 0.25) is 0 Å². The number of aromatic amines is 1. The van der Waals surface area contributed by atoms with Gasteiger partial charge in [-0.3, -0.25) is 10.00 Å². The first-order chi connectivity index (χ1) is 11.7. The van der Waals surface area contributed by atoms with Gasteiger partial charge in [-0.05, 0) is 35.4 Å². The second-order valence-electron chi connectivity index (χ2n) is 6.16. The van der Waals surface area contributed by atoms with Crippen molar-refractivity contribution in [2.75, 3.05) is 6.54 Å². The van der Waals surface area contributed by atoms with Crippen molar-refractivity contribution in [1.29, 1.82) is 0 Å². The molecule has 0 aliphatic carbocycles. The number of benzene rings is 2. The van der Waals surface area contributed by atoms with Crippen molar-refractivity contribution in [2.24, 2.45) is 0 Å². The Morgan fingerprint density at radius 3 is 2.79 bits per heavy atom. The Morgan fingerprint density at radius 2 is 1.96 bits per heavy atom. The average Bonchev–Trinajstić information content (AvgIpc) is 3.04. The van der Waals surface area contributed by atoms with Crippen molar-refractivity contribution in [2.45, 2.75) is 19.2 Å². The molecule has 2 aromatic carbocycles. The van der Waals surface area contributed by atoms with E-state index < -0.39 is 6.10 Å². The first-order valence-corrected chi connectivity index (χ1v) is 7.97. The Bertz CT molecular complexity index is 844. The SMILES string of the molecule is OC1CN(Cc2cn[nH]c2-c2ccc(F)cc2)Cc2ccccc21. The van der Waals surface area contributed by atoms with Crippen molar-refractivity contribution in [1.82, 2.24) is 15.1 Å². The quantitative estimate of drug-likeness (QED) is 0.778. The van der Waals surface area contributed by atoms with E-state index in [1.54, 1.807) is 18.3 Å². The molecule has 0 fully saturated rings. The molecule has 0 radical (unpaired) electrons. The molecule has 5 heteroatoms. The number of aliphatic hydroxyl groups excluding tert-OH is 1. The van der Waals surface area contributed by atoms with Crippen LogP contribution in [0.5, 0.6) is 0 Å². The van der Waals surface area contributed by atoms with E-state index in [0.29, 0.717) is 13.1 Å². The fraction of sp³-hybridized carbons (Fsp3) is 0.211. The Balaban J connectivity index is 1.57. The van der Waals surface area contributed by atoms with E-state index in [0.717, 1.165) is 34.5 Å². The highest BCUT2D eigenvalue weighted by Crippen LogP contribution is 2.29. The van der Waals surface area contributed by atoms with Gasteiger partial charge in [0.2, 0.25) is 0 Å². The van der Waals surface area contributed by atoms with Crippen LogP contribution in [0.3, 0.4) is 0 Å². The van der Waals surface area contributed by atoms with Gasteiger partial charge in [-0.15, -0.1) is 0 Å². The summed E-state index contributed by atoms with van der Waals surface area (Å²) in [5.41, 5.74) is 5.00. The van der Waals surface area contributed by atoms with Crippen LogP contribution >= 0.6 is 0 Å². The molecule has 1 atom stereocenters. The number of rotatable bonds is 3. The molecule has 2 heterocycles. The summed E-state index contributed by atoms with van der Waals surface area (Å²) in [4.78, 5) is 2.20. The molecule has 1 aliphatic heterocycles. The molecule has 0 saturated carbocycles. The summed E-state index contributed by atoms with van der Waals surface area (Å²) in [6.45, 7) is 2.06. The molecule has 122 valence electrons. The van der Waals surface area contributed by atoms with E-state index in [4.69, 9.17) is 0 Å². The molecule has 24 heavy (non-hydrogen) atoms.